The van der Waals surface area contributed by atoms with E-state index in [4.69, 9.17) is 0 Å². The lowest BCUT2D eigenvalue weighted by molar-refractivity contribution is 0.196. The van der Waals surface area contributed by atoms with Crippen LogP contribution in [0.4, 0.5) is 0 Å². The largest absolute Gasteiger partial charge is 0.392 e. The van der Waals surface area contributed by atoms with Crippen LogP contribution in [0.3, 0.4) is 0 Å². The van der Waals surface area contributed by atoms with Gasteiger partial charge in [-0.25, -0.2) is 4.98 Å². The fourth-order valence-electron chi connectivity index (χ4n) is 2.34. The van der Waals surface area contributed by atoms with E-state index in [2.05, 4.69) is 36.4 Å². The molecule has 0 radical (unpaired) electrons. The van der Waals surface area contributed by atoms with Crippen LogP contribution < -0.4 is 0 Å². The van der Waals surface area contributed by atoms with Gasteiger partial charge in [0.15, 0.2) is 0 Å². The summed E-state index contributed by atoms with van der Waals surface area (Å²) in [5.74, 6) is 3.55. The van der Waals surface area contributed by atoms with Gasteiger partial charge >= 0.3 is 0 Å². The average Bonchev–Trinajstić information content (AvgIpc) is 2.75. The number of para-hydroxylation sites is 2. The Morgan fingerprint density at radius 2 is 2.00 bits per heavy atom. The maximum atomic E-state index is 10.2. The van der Waals surface area contributed by atoms with Crippen LogP contribution in [0.5, 0.6) is 0 Å². The number of imidazole rings is 1. The van der Waals surface area contributed by atoms with Gasteiger partial charge in [-0.15, -0.1) is 0 Å². The number of aryl methyl sites for hydroxylation is 1. The summed E-state index contributed by atoms with van der Waals surface area (Å²) in [4.78, 5) is 4.66. The standard InChI is InChI=1S/C16H24N2OS/c1-4-18-15-8-6-5-7-14(15)17-16(18)9-13(19)11-20-10-12(2)3/h5-8,12-13,19H,4,9-11H2,1-3H3. The molecule has 1 unspecified atom stereocenters. The molecular formula is C16H24N2OS. The van der Waals surface area contributed by atoms with Crippen molar-refractivity contribution in [3.8, 4) is 0 Å². The van der Waals surface area contributed by atoms with Crippen LogP contribution in [-0.2, 0) is 13.0 Å². The Morgan fingerprint density at radius 1 is 1.25 bits per heavy atom. The summed E-state index contributed by atoms with van der Waals surface area (Å²) >= 11 is 1.82. The number of thioether (sulfide) groups is 1. The zero-order valence-corrected chi connectivity index (χ0v) is 13.4. The lowest BCUT2D eigenvalue weighted by atomic mass is 10.2. The second-order valence-corrected chi connectivity index (χ2v) is 6.63. The first-order chi connectivity index (χ1) is 9.61. The van der Waals surface area contributed by atoms with E-state index in [-0.39, 0.29) is 6.10 Å². The second kappa shape index (κ2) is 7.14. The number of aromatic nitrogens is 2. The number of aliphatic hydroxyl groups excluding tert-OH is 1. The molecule has 1 aromatic heterocycles. The molecule has 0 aliphatic carbocycles. The summed E-state index contributed by atoms with van der Waals surface area (Å²) in [6.07, 6.45) is 0.314. The fraction of sp³-hybridized carbons (Fsp3) is 0.562. The molecule has 20 heavy (non-hydrogen) atoms. The fourth-order valence-corrected chi connectivity index (χ4v) is 3.34. The first-order valence-corrected chi connectivity index (χ1v) is 8.47. The number of hydrogen-bond donors (Lipinski definition) is 1. The zero-order valence-electron chi connectivity index (χ0n) is 12.5. The van der Waals surface area contributed by atoms with Crippen molar-refractivity contribution >= 4 is 22.8 Å². The highest BCUT2D eigenvalue weighted by Gasteiger charge is 2.13. The van der Waals surface area contributed by atoms with Crippen LogP contribution in [0.1, 0.15) is 26.6 Å². The molecule has 110 valence electrons. The van der Waals surface area contributed by atoms with Crippen molar-refractivity contribution in [1.29, 1.82) is 0 Å². The van der Waals surface area contributed by atoms with Gasteiger partial charge in [0.1, 0.15) is 5.82 Å². The van der Waals surface area contributed by atoms with Gasteiger partial charge < -0.3 is 9.67 Å². The molecule has 4 heteroatoms. The number of benzene rings is 1. The molecule has 0 saturated carbocycles. The van der Waals surface area contributed by atoms with Crippen LogP contribution in [0.2, 0.25) is 0 Å². The molecule has 0 aliphatic rings. The SMILES string of the molecule is CCn1c(CC(O)CSCC(C)C)nc2ccccc21. The minimum atomic E-state index is -0.319. The average molecular weight is 292 g/mol. The lowest BCUT2D eigenvalue weighted by Crippen LogP contribution is -2.17. The molecule has 1 heterocycles. The van der Waals surface area contributed by atoms with E-state index in [9.17, 15) is 5.11 Å². The van der Waals surface area contributed by atoms with Crippen molar-refractivity contribution in [2.24, 2.45) is 5.92 Å². The molecule has 0 spiro atoms. The number of nitrogens with zero attached hydrogens (tertiary/aromatic N) is 2. The van der Waals surface area contributed by atoms with Gasteiger partial charge in [-0.1, -0.05) is 26.0 Å². The third-order valence-corrected chi connectivity index (χ3v) is 4.75. The first-order valence-electron chi connectivity index (χ1n) is 7.31. The van der Waals surface area contributed by atoms with Gasteiger partial charge in [0.05, 0.1) is 17.1 Å². The number of rotatable bonds is 7. The minimum absolute atomic E-state index is 0.319. The topological polar surface area (TPSA) is 38.0 Å². The number of aliphatic hydroxyl groups is 1. The predicted molar refractivity (Wildman–Crippen MR) is 87.3 cm³/mol. The van der Waals surface area contributed by atoms with E-state index in [0.29, 0.717) is 12.3 Å². The highest BCUT2D eigenvalue weighted by Crippen LogP contribution is 2.18. The van der Waals surface area contributed by atoms with E-state index in [0.717, 1.165) is 34.9 Å². The van der Waals surface area contributed by atoms with Gasteiger partial charge in [-0.3, -0.25) is 0 Å². The quantitative estimate of drug-likeness (QED) is 0.850. The Labute approximate surface area is 125 Å². The van der Waals surface area contributed by atoms with Crippen LogP contribution >= 0.6 is 11.8 Å². The van der Waals surface area contributed by atoms with Crippen molar-refractivity contribution in [2.75, 3.05) is 11.5 Å². The lowest BCUT2D eigenvalue weighted by Gasteiger charge is -2.12. The highest BCUT2D eigenvalue weighted by atomic mass is 32.2. The Morgan fingerprint density at radius 3 is 2.70 bits per heavy atom. The molecule has 2 rings (SSSR count). The zero-order chi connectivity index (χ0) is 14.5. The molecule has 1 atom stereocenters. The van der Waals surface area contributed by atoms with E-state index in [1.807, 2.05) is 30.0 Å². The maximum Gasteiger partial charge on any atom is 0.112 e. The van der Waals surface area contributed by atoms with Crippen LogP contribution in [0.15, 0.2) is 24.3 Å². The van der Waals surface area contributed by atoms with E-state index < -0.39 is 0 Å². The van der Waals surface area contributed by atoms with Crippen LogP contribution in [0.25, 0.3) is 11.0 Å². The summed E-state index contributed by atoms with van der Waals surface area (Å²) in [5, 5.41) is 10.2. The molecule has 0 aliphatic heterocycles. The minimum Gasteiger partial charge on any atom is -0.392 e. The van der Waals surface area contributed by atoms with E-state index >= 15 is 0 Å². The Hall–Kier alpha value is -1.00. The van der Waals surface area contributed by atoms with Gasteiger partial charge in [0, 0.05) is 18.7 Å². The number of fused-ring (bicyclic) bond motifs is 1. The number of hydrogen-bond acceptors (Lipinski definition) is 3. The van der Waals surface area contributed by atoms with Crippen LogP contribution in [0, 0.1) is 5.92 Å². The molecule has 1 aromatic carbocycles. The van der Waals surface area contributed by atoms with Crippen molar-refractivity contribution in [3.05, 3.63) is 30.1 Å². The molecular weight excluding hydrogens is 268 g/mol. The van der Waals surface area contributed by atoms with E-state index in [1.165, 1.54) is 0 Å². The summed E-state index contributed by atoms with van der Waals surface area (Å²) in [6, 6.07) is 8.17. The molecule has 1 N–H and O–H groups in total. The summed E-state index contributed by atoms with van der Waals surface area (Å²) in [7, 11) is 0. The van der Waals surface area contributed by atoms with Gasteiger partial charge in [0.25, 0.3) is 0 Å². The molecule has 3 nitrogen and oxygen atoms in total. The monoisotopic (exact) mass is 292 g/mol. The second-order valence-electron chi connectivity index (χ2n) is 5.55. The Balaban J connectivity index is 2.05. The Bertz CT molecular complexity index is 550. The molecule has 2 aromatic rings. The smallest absolute Gasteiger partial charge is 0.112 e. The molecule has 0 bridgehead atoms. The highest BCUT2D eigenvalue weighted by molar-refractivity contribution is 7.99. The van der Waals surface area contributed by atoms with Gasteiger partial charge in [0.2, 0.25) is 0 Å². The molecule has 0 saturated heterocycles. The van der Waals surface area contributed by atoms with Crippen molar-refractivity contribution < 1.29 is 5.11 Å². The Kier molecular flexibility index (Phi) is 5.49. The summed E-state index contributed by atoms with van der Waals surface area (Å²) < 4.78 is 2.20. The molecule has 0 fully saturated rings. The normalized spacial score (nSPS) is 13.2. The van der Waals surface area contributed by atoms with E-state index in [1.54, 1.807) is 0 Å². The summed E-state index contributed by atoms with van der Waals surface area (Å²) in [6.45, 7) is 7.42. The van der Waals surface area contributed by atoms with Gasteiger partial charge in [-0.05, 0) is 30.7 Å². The van der Waals surface area contributed by atoms with Gasteiger partial charge in [-0.2, -0.15) is 11.8 Å². The third-order valence-electron chi connectivity index (χ3n) is 3.23. The van der Waals surface area contributed by atoms with Crippen molar-refractivity contribution in [2.45, 2.75) is 39.8 Å². The summed E-state index contributed by atoms with van der Waals surface area (Å²) in [5.41, 5.74) is 2.18. The van der Waals surface area contributed by atoms with Crippen LogP contribution in [-0.4, -0.2) is 32.3 Å². The predicted octanol–water partition coefficient (Wildman–Crippen LogP) is 3.35. The van der Waals surface area contributed by atoms with Crippen molar-refractivity contribution in [3.63, 3.8) is 0 Å². The first kappa shape index (κ1) is 15.4. The molecule has 0 amide bonds. The third kappa shape index (κ3) is 3.76. The maximum absolute atomic E-state index is 10.2. The van der Waals surface area contributed by atoms with Crippen molar-refractivity contribution in [1.82, 2.24) is 9.55 Å².